The van der Waals surface area contributed by atoms with E-state index in [1.165, 1.54) is 24.3 Å². The summed E-state index contributed by atoms with van der Waals surface area (Å²) in [4.78, 5) is 23.9. The number of halogens is 5. The summed E-state index contributed by atoms with van der Waals surface area (Å²) in [5, 5.41) is -0.0210. The Labute approximate surface area is 143 Å². The highest BCUT2D eigenvalue weighted by molar-refractivity contribution is 7.75. The Morgan fingerprint density at radius 1 is 0.769 bits per heavy atom. The topological polar surface area (TPSA) is 72.9 Å². The summed E-state index contributed by atoms with van der Waals surface area (Å²) in [5.41, 5.74) is -0.212. The van der Waals surface area contributed by atoms with Crippen LogP contribution in [0.2, 0.25) is 0 Å². The van der Waals surface area contributed by atoms with Gasteiger partial charge in [-0.3, -0.25) is 9.59 Å². The van der Waals surface area contributed by atoms with Crippen LogP contribution in [0, 0.1) is 29.1 Å². The van der Waals surface area contributed by atoms with Gasteiger partial charge in [-0.2, -0.15) is 13.0 Å². The maximum absolute atomic E-state index is 13.5. The molecule has 0 fully saturated rings. The maximum Gasteiger partial charge on any atom is 0.384 e. The standard InChI is InChI=1S/C14H4F5NO5S/c15-7-8(16)10(18)12(11(19)9(7)17)24-26(23)25-20-13(21)5-3-1-2-4-6(5)14(20)22/h1-4H. The molecule has 6 nitrogen and oxygen atoms in total. The van der Waals surface area contributed by atoms with Crippen molar-refractivity contribution in [2.75, 3.05) is 0 Å². The van der Waals surface area contributed by atoms with Crippen molar-refractivity contribution in [2.45, 2.75) is 0 Å². The second-order valence-electron chi connectivity index (χ2n) is 4.71. The van der Waals surface area contributed by atoms with Crippen LogP contribution in [0.5, 0.6) is 5.75 Å². The van der Waals surface area contributed by atoms with Crippen LogP contribution in [0.25, 0.3) is 0 Å². The lowest BCUT2D eigenvalue weighted by molar-refractivity contribution is -0.0107. The van der Waals surface area contributed by atoms with E-state index in [-0.39, 0.29) is 16.2 Å². The van der Waals surface area contributed by atoms with E-state index in [0.29, 0.717) is 0 Å². The fraction of sp³-hybridized carbons (Fsp3) is 0. The number of amides is 2. The van der Waals surface area contributed by atoms with Crippen LogP contribution in [0.3, 0.4) is 0 Å². The number of hydroxylamine groups is 2. The Balaban J connectivity index is 1.84. The van der Waals surface area contributed by atoms with E-state index in [2.05, 4.69) is 8.47 Å². The van der Waals surface area contributed by atoms with Crippen molar-refractivity contribution < 1.29 is 44.2 Å². The number of nitrogens with zero attached hydrogens (tertiary/aromatic N) is 1. The number of carbonyl (C=O) groups is 2. The molecule has 0 N–H and O–H groups in total. The highest BCUT2D eigenvalue weighted by atomic mass is 32.2. The molecule has 136 valence electrons. The Bertz CT molecular complexity index is 918. The Morgan fingerprint density at radius 3 is 1.65 bits per heavy atom. The van der Waals surface area contributed by atoms with Gasteiger partial charge in [-0.1, -0.05) is 12.1 Å². The van der Waals surface area contributed by atoms with E-state index < -0.39 is 58.0 Å². The van der Waals surface area contributed by atoms with Gasteiger partial charge in [0.25, 0.3) is 11.8 Å². The Kier molecular flexibility index (Phi) is 4.46. The second-order valence-corrected chi connectivity index (χ2v) is 5.44. The average molecular weight is 393 g/mol. The molecule has 3 rings (SSSR count). The van der Waals surface area contributed by atoms with Crippen molar-refractivity contribution in [1.82, 2.24) is 5.06 Å². The van der Waals surface area contributed by atoms with Crippen LogP contribution in [0.4, 0.5) is 22.0 Å². The lowest BCUT2D eigenvalue weighted by Crippen LogP contribution is -2.32. The molecular weight excluding hydrogens is 389 g/mol. The SMILES string of the molecule is O=C1c2ccccc2C(=O)N1OS(=O)Oc1c(F)c(F)c(F)c(F)c1F. The summed E-state index contributed by atoms with van der Waals surface area (Å²) in [6, 6.07) is 5.37. The van der Waals surface area contributed by atoms with Crippen LogP contribution < -0.4 is 4.18 Å². The molecule has 2 aromatic rings. The molecule has 1 heterocycles. The zero-order chi connectivity index (χ0) is 19.2. The first kappa shape index (κ1) is 17.9. The fourth-order valence-electron chi connectivity index (χ4n) is 2.04. The van der Waals surface area contributed by atoms with Crippen LogP contribution >= 0.6 is 0 Å². The zero-order valence-corrected chi connectivity index (χ0v) is 12.9. The van der Waals surface area contributed by atoms with E-state index in [4.69, 9.17) is 0 Å². The highest BCUT2D eigenvalue weighted by Gasteiger charge is 2.39. The molecule has 26 heavy (non-hydrogen) atoms. The van der Waals surface area contributed by atoms with Gasteiger partial charge in [0.05, 0.1) is 11.1 Å². The Morgan fingerprint density at radius 2 is 1.19 bits per heavy atom. The molecule has 0 bridgehead atoms. The summed E-state index contributed by atoms with van der Waals surface area (Å²) in [6.45, 7) is 0. The third-order valence-electron chi connectivity index (χ3n) is 3.21. The van der Waals surface area contributed by atoms with E-state index in [0.717, 1.165) is 0 Å². The number of carbonyl (C=O) groups excluding carboxylic acids is 2. The monoisotopic (exact) mass is 393 g/mol. The van der Waals surface area contributed by atoms with Gasteiger partial charge in [-0.05, 0) is 12.1 Å². The van der Waals surface area contributed by atoms with E-state index in [9.17, 15) is 35.8 Å². The van der Waals surface area contributed by atoms with Gasteiger partial charge in [0.15, 0.2) is 0 Å². The van der Waals surface area contributed by atoms with Gasteiger partial charge in [0.1, 0.15) is 0 Å². The number of benzene rings is 2. The summed E-state index contributed by atoms with van der Waals surface area (Å²) >= 11 is -3.29. The van der Waals surface area contributed by atoms with Gasteiger partial charge >= 0.3 is 11.4 Å². The van der Waals surface area contributed by atoms with Crippen molar-refractivity contribution in [2.24, 2.45) is 0 Å². The predicted molar refractivity (Wildman–Crippen MR) is 73.0 cm³/mol. The number of fused-ring (bicyclic) bond motifs is 1. The average Bonchev–Trinajstić information content (AvgIpc) is 2.87. The third kappa shape index (κ3) is 2.72. The molecule has 0 saturated heterocycles. The molecule has 1 atom stereocenters. The van der Waals surface area contributed by atoms with Crippen LogP contribution in [-0.2, 0) is 15.6 Å². The Hall–Kier alpha value is -2.86. The molecule has 2 aromatic carbocycles. The third-order valence-corrected chi connectivity index (χ3v) is 3.79. The number of hydrogen-bond donors (Lipinski definition) is 0. The maximum atomic E-state index is 13.5. The van der Waals surface area contributed by atoms with Gasteiger partial charge in [0.2, 0.25) is 34.8 Å². The molecule has 0 aromatic heterocycles. The molecule has 0 aliphatic carbocycles. The molecule has 2 amide bonds. The van der Waals surface area contributed by atoms with Crippen LogP contribution in [-0.4, -0.2) is 21.1 Å². The first-order chi connectivity index (χ1) is 12.2. The van der Waals surface area contributed by atoms with E-state index in [1.54, 1.807) is 0 Å². The molecule has 1 unspecified atom stereocenters. The van der Waals surface area contributed by atoms with Crippen molar-refractivity contribution in [3.05, 3.63) is 64.5 Å². The molecule has 1 aliphatic heterocycles. The molecular formula is C14H4F5NO5S. The normalized spacial score (nSPS) is 14.6. The largest absolute Gasteiger partial charge is 0.384 e. The number of hydrogen-bond acceptors (Lipinski definition) is 5. The molecule has 12 heteroatoms. The lowest BCUT2D eigenvalue weighted by Gasteiger charge is -2.12. The quantitative estimate of drug-likeness (QED) is 0.346. The number of imide groups is 1. The van der Waals surface area contributed by atoms with E-state index in [1.807, 2.05) is 0 Å². The van der Waals surface area contributed by atoms with Crippen molar-refractivity contribution in [1.29, 1.82) is 0 Å². The van der Waals surface area contributed by atoms with Gasteiger partial charge in [-0.25, -0.2) is 13.2 Å². The summed E-state index contributed by atoms with van der Waals surface area (Å²) < 4.78 is 86.1. The molecule has 0 saturated carbocycles. The van der Waals surface area contributed by atoms with Crippen LogP contribution in [0.15, 0.2) is 24.3 Å². The number of rotatable bonds is 4. The van der Waals surface area contributed by atoms with E-state index >= 15 is 0 Å². The van der Waals surface area contributed by atoms with Crippen LogP contribution in [0.1, 0.15) is 20.7 Å². The van der Waals surface area contributed by atoms with Crippen molar-refractivity contribution in [3.8, 4) is 5.75 Å². The first-order valence-corrected chi connectivity index (χ1v) is 7.51. The molecule has 0 spiro atoms. The zero-order valence-electron chi connectivity index (χ0n) is 12.1. The second kappa shape index (κ2) is 6.46. The first-order valence-electron chi connectivity index (χ1n) is 6.51. The smallest absolute Gasteiger partial charge is 0.372 e. The van der Waals surface area contributed by atoms with Gasteiger partial charge in [-0.15, -0.1) is 9.35 Å². The lowest BCUT2D eigenvalue weighted by atomic mass is 10.1. The molecule has 1 aliphatic rings. The molecule has 0 radical (unpaired) electrons. The minimum absolute atomic E-state index is 0.0210. The minimum atomic E-state index is -3.29. The summed E-state index contributed by atoms with van der Waals surface area (Å²) in [5.74, 6) is -15.9. The van der Waals surface area contributed by atoms with Gasteiger partial charge in [0, 0.05) is 0 Å². The summed E-state index contributed by atoms with van der Waals surface area (Å²) in [6.07, 6.45) is 0. The fourth-order valence-corrected chi connectivity index (χ4v) is 2.61. The minimum Gasteiger partial charge on any atom is -0.372 e. The highest BCUT2D eigenvalue weighted by Crippen LogP contribution is 2.30. The van der Waals surface area contributed by atoms with Crippen molar-refractivity contribution >= 4 is 23.2 Å². The predicted octanol–water partition coefficient (Wildman–Crippen LogP) is 2.57. The summed E-state index contributed by atoms with van der Waals surface area (Å²) in [7, 11) is 0. The van der Waals surface area contributed by atoms with Gasteiger partial charge < -0.3 is 4.18 Å². The van der Waals surface area contributed by atoms with Crippen molar-refractivity contribution in [3.63, 3.8) is 0 Å².